The zero-order valence-corrected chi connectivity index (χ0v) is 11.4. The van der Waals surface area contributed by atoms with Crippen LogP contribution in [0.15, 0.2) is 6.07 Å². The van der Waals surface area contributed by atoms with Gasteiger partial charge in [-0.05, 0) is 12.8 Å². The van der Waals surface area contributed by atoms with Gasteiger partial charge in [0.1, 0.15) is 0 Å². The minimum atomic E-state index is -3.78. The van der Waals surface area contributed by atoms with Crippen LogP contribution in [0, 0.1) is 0 Å². The summed E-state index contributed by atoms with van der Waals surface area (Å²) >= 11 is 0. The van der Waals surface area contributed by atoms with Crippen molar-refractivity contribution in [2.75, 3.05) is 17.1 Å². The molecule has 0 spiro atoms. The first-order valence-corrected chi connectivity index (χ1v) is 7.20. The minimum Gasteiger partial charge on any atom is -0.465 e. The largest absolute Gasteiger partial charge is 0.465 e. The number of nitrogens with one attached hydrogen (secondary N) is 2. The summed E-state index contributed by atoms with van der Waals surface area (Å²) in [5, 5.41) is 6.52. The van der Waals surface area contributed by atoms with E-state index in [-0.39, 0.29) is 18.3 Å². The van der Waals surface area contributed by atoms with Gasteiger partial charge in [-0.3, -0.25) is 14.6 Å². The molecule has 0 aliphatic rings. The second-order valence-electron chi connectivity index (χ2n) is 4.03. The van der Waals surface area contributed by atoms with E-state index in [0.717, 1.165) is 5.69 Å². The van der Waals surface area contributed by atoms with Gasteiger partial charge in [0, 0.05) is 11.8 Å². The smallest absolute Gasteiger partial charge is 0.323 e. The molecule has 0 atom stereocenters. The lowest BCUT2D eigenvalue weighted by Crippen LogP contribution is -2.24. The predicted octanol–water partition coefficient (Wildman–Crippen LogP) is 0.838. The molecular weight excluding hydrogens is 258 g/mol. The number of hydrogen-bond acceptors (Lipinski definition) is 5. The lowest BCUT2D eigenvalue weighted by Gasteiger charge is -2.04. The van der Waals surface area contributed by atoms with Crippen molar-refractivity contribution < 1.29 is 17.9 Å². The highest BCUT2D eigenvalue weighted by Crippen LogP contribution is 2.15. The van der Waals surface area contributed by atoms with E-state index in [1.165, 1.54) is 0 Å². The molecule has 2 N–H and O–H groups in total. The van der Waals surface area contributed by atoms with Crippen molar-refractivity contribution in [3.05, 3.63) is 11.8 Å². The van der Waals surface area contributed by atoms with Gasteiger partial charge in [0.2, 0.25) is 10.0 Å². The maximum atomic E-state index is 11.6. The molecule has 1 heterocycles. The van der Waals surface area contributed by atoms with Gasteiger partial charge in [-0.2, -0.15) is 5.10 Å². The summed E-state index contributed by atoms with van der Waals surface area (Å²) in [6.45, 7) is 5.66. The molecule has 7 nitrogen and oxygen atoms in total. The number of rotatable bonds is 6. The Bertz CT molecular complexity index is 507. The maximum Gasteiger partial charge on any atom is 0.323 e. The molecule has 0 fully saturated rings. The number of anilines is 1. The number of H-pyrrole nitrogens is 1. The van der Waals surface area contributed by atoms with Crippen LogP contribution in [0.5, 0.6) is 0 Å². The summed E-state index contributed by atoms with van der Waals surface area (Å²) < 4.78 is 30.0. The highest BCUT2D eigenvalue weighted by atomic mass is 32.2. The summed E-state index contributed by atoms with van der Waals surface area (Å²) in [5.74, 6) is -1.13. The van der Waals surface area contributed by atoms with E-state index in [2.05, 4.69) is 19.7 Å². The molecular formula is C10H17N3O4S. The quantitative estimate of drug-likeness (QED) is 0.749. The van der Waals surface area contributed by atoms with E-state index >= 15 is 0 Å². The molecule has 18 heavy (non-hydrogen) atoms. The Morgan fingerprint density at radius 2 is 2.22 bits per heavy atom. The van der Waals surface area contributed by atoms with Crippen LogP contribution in [-0.2, 0) is 19.6 Å². The molecule has 0 radical (unpaired) electrons. The lowest BCUT2D eigenvalue weighted by molar-refractivity contribution is -0.139. The maximum absolute atomic E-state index is 11.6. The third-order valence-electron chi connectivity index (χ3n) is 2.09. The van der Waals surface area contributed by atoms with Crippen LogP contribution in [-0.4, -0.2) is 36.9 Å². The molecule has 0 unspecified atom stereocenters. The topological polar surface area (TPSA) is 101 Å². The summed E-state index contributed by atoms with van der Waals surface area (Å²) in [6, 6.07) is 1.59. The first-order chi connectivity index (χ1) is 8.34. The molecule has 0 bridgehead atoms. The number of esters is 1. The standard InChI is InChI=1S/C10H17N3O4S/c1-4-17-10(14)6-18(15,16)13-9-5-8(7(2)3)11-12-9/h5,7H,4,6H2,1-3H3,(H2,11,12,13). The van der Waals surface area contributed by atoms with Crippen molar-refractivity contribution in [3.8, 4) is 0 Å². The first kappa shape index (κ1) is 14.5. The van der Waals surface area contributed by atoms with Gasteiger partial charge in [0.25, 0.3) is 0 Å². The molecule has 0 aromatic carbocycles. The van der Waals surface area contributed by atoms with Gasteiger partial charge in [-0.15, -0.1) is 0 Å². The highest BCUT2D eigenvalue weighted by molar-refractivity contribution is 7.93. The van der Waals surface area contributed by atoms with Crippen LogP contribution in [0.4, 0.5) is 5.82 Å². The molecule has 0 aliphatic carbocycles. The average molecular weight is 275 g/mol. The van der Waals surface area contributed by atoms with Crippen molar-refractivity contribution in [2.45, 2.75) is 26.7 Å². The van der Waals surface area contributed by atoms with Crippen molar-refractivity contribution in [3.63, 3.8) is 0 Å². The number of aromatic amines is 1. The Kier molecular flexibility index (Phi) is 4.71. The van der Waals surface area contributed by atoms with Gasteiger partial charge in [0.05, 0.1) is 6.61 Å². The molecule has 102 valence electrons. The van der Waals surface area contributed by atoms with Crippen LogP contribution in [0.2, 0.25) is 0 Å². The zero-order valence-electron chi connectivity index (χ0n) is 10.6. The normalized spacial score (nSPS) is 11.6. The number of sulfonamides is 1. The molecule has 1 rings (SSSR count). The number of hydrogen-bond donors (Lipinski definition) is 2. The third-order valence-corrected chi connectivity index (χ3v) is 3.23. The molecule has 1 aromatic rings. The van der Waals surface area contributed by atoms with Crippen LogP contribution in [0.3, 0.4) is 0 Å². The fourth-order valence-corrected chi connectivity index (χ4v) is 2.13. The molecule has 0 saturated heterocycles. The molecule has 0 aliphatic heterocycles. The number of carbonyl (C=O) groups is 1. The number of carbonyl (C=O) groups excluding carboxylic acids is 1. The minimum absolute atomic E-state index is 0.147. The van der Waals surface area contributed by atoms with Gasteiger partial charge in [0.15, 0.2) is 11.6 Å². The van der Waals surface area contributed by atoms with E-state index < -0.39 is 21.7 Å². The number of nitrogens with zero attached hydrogens (tertiary/aromatic N) is 1. The lowest BCUT2D eigenvalue weighted by atomic mass is 10.1. The Hall–Kier alpha value is -1.57. The van der Waals surface area contributed by atoms with Gasteiger partial charge in [-0.25, -0.2) is 8.42 Å². The first-order valence-electron chi connectivity index (χ1n) is 5.55. The predicted molar refractivity (Wildman–Crippen MR) is 66.7 cm³/mol. The zero-order chi connectivity index (χ0) is 13.8. The Morgan fingerprint density at radius 1 is 1.56 bits per heavy atom. The van der Waals surface area contributed by atoms with Crippen molar-refractivity contribution in [2.24, 2.45) is 0 Å². The van der Waals surface area contributed by atoms with Crippen LogP contribution < -0.4 is 4.72 Å². The molecule has 0 saturated carbocycles. The van der Waals surface area contributed by atoms with E-state index in [9.17, 15) is 13.2 Å². The average Bonchev–Trinajstić information content (AvgIpc) is 2.64. The molecule has 1 aromatic heterocycles. The van der Waals surface area contributed by atoms with Crippen molar-refractivity contribution >= 4 is 21.8 Å². The van der Waals surface area contributed by atoms with Crippen LogP contribution in [0.25, 0.3) is 0 Å². The van der Waals surface area contributed by atoms with Gasteiger partial charge in [-0.1, -0.05) is 13.8 Å². The highest BCUT2D eigenvalue weighted by Gasteiger charge is 2.18. The Balaban J connectivity index is 2.67. The third kappa shape index (κ3) is 4.36. The van der Waals surface area contributed by atoms with Crippen LogP contribution in [0.1, 0.15) is 32.4 Å². The van der Waals surface area contributed by atoms with Crippen LogP contribution >= 0.6 is 0 Å². The molecule has 0 amide bonds. The Morgan fingerprint density at radius 3 is 2.72 bits per heavy atom. The van der Waals surface area contributed by atoms with E-state index in [0.29, 0.717) is 0 Å². The summed E-state index contributed by atoms with van der Waals surface area (Å²) in [5.41, 5.74) is 0.809. The SMILES string of the molecule is CCOC(=O)CS(=O)(=O)Nc1cc(C(C)C)[nH]n1. The summed E-state index contributed by atoms with van der Waals surface area (Å²) in [6.07, 6.45) is 0. The van der Waals surface area contributed by atoms with Gasteiger partial charge >= 0.3 is 5.97 Å². The van der Waals surface area contributed by atoms with Gasteiger partial charge < -0.3 is 4.74 Å². The second-order valence-corrected chi connectivity index (χ2v) is 5.75. The van der Waals surface area contributed by atoms with E-state index in [4.69, 9.17) is 0 Å². The van der Waals surface area contributed by atoms with E-state index in [1.807, 2.05) is 13.8 Å². The fourth-order valence-electron chi connectivity index (χ4n) is 1.24. The number of ether oxygens (including phenoxy) is 1. The van der Waals surface area contributed by atoms with Crippen molar-refractivity contribution in [1.29, 1.82) is 0 Å². The molecule has 8 heteroatoms. The monoisotopic (exact) mass is 275 g/mol. The summed E-state index contributed by atoms with van der Waals surface area (Å²) in [4.78, 5) is 11.1. The summed E-state index contributed by atoms with van der Waals surface area (Å²) in [7, 11) is -3.78. The second kappa shape index (κ2) is 5.85. The number of aromatic nitrogens is 2. The van der Waals surface area contributed by atoms with Crippen molar-refractivity contribution in [1.82, 2.24) is 10.2 Å². The fraction of sp³-hybridized carbons (Fsp3) is 0.600. The Labute approximate surface area is 106 Å². The van der Waals surface area contributed by atoms with E-state index in [1.54, 1.807) is 13.0 Å².